The number of anilines is 1. The summed E-state index contributed by atoms with van der Waals surface area (Å²) in [6.45, 7) is 0. The van der Waals surface area contributed by atoms with E-state index in [-0.39, 0.29) is 27.6 Å². The van der Waals surface area contributed by atoms with Crippen LogP contribution in [0.15, 0.2) is 47.4 Å². The molecular weight excluding hydrogens is 336 g/mol. The van der Waals surface area contributed by atoms with Crippen LogP contribution in [0.5, 0.6) is 5.75 Å². The number of amides is 1. The summed E-state index contributed by atoms with van der Waals surface area (Å²) in [5, 5.41) is 13.5. The van der Waals surface area contributed by atoms with E-state index < -0.39 is 20.7 Å². The lowest BCUT2D eigenvalue weighted by atomic mass is 10.2. The monoisotopic (exact) mass is 350 g/mol. The second kappa shape index (κ2) is 6.67. The summed E-state index contributed by atoms with van der Waals surface area (Å²) >= 11 is 0. The smallest absolute Gasteiger partial charge is 0.296 e. The van der Waals surface area contributed by atoms with Gasteiger partial charge >= 0.3 is 0 Å². The summed E-state index contributed by atoms with van der Waals surface area (Å²) in [5.74, 6) is -0.382. The van der Waals surface area contributed by atoms with Gasteiger partial charge in [-0.1, -0.05) is 6.07 Å². The van der Waals surface area contributed by atoms with Gasteiger partial charge in [-0.2, -0.15) is 0 Å². The zero-order valence-electron chi connectivity index (χ0n) is 12.8. The predicted octanol–water partition coefficient (Wildman–Crippen LogP) is 2.26. The van der Waals surface area contributed by atoms with Crippen molar-refractivity contribution in [2.75, 3.05) is 18.7 Å². The molecule has 0 fully saturated rings. The van der Waals surface area contributed by atoms with Gasteiger partial charge in [-0.05, 0) is 30.3 Å². The van der Waals surface area contributed by atoms with E-state index in [1.54, 1.807) is 0 Å². The number of methoxy groups -OCH3 is 1. The van der Waals surface area contributed by atoms with Gasteiger partial charge in [0.2, 0.25) is 0 Å². The summed E-state index contributed by atoms with van der Waals surface area (Å²) in [4.78, 5) is 22.7. The molecule has 126 valence electrons. The number of hydrogen-bond donors (Lipinski definition) is 1. The molecule has 8 nitrogen and oxygen atoms in total. The van der Waals surface area contributed by atoms with E-state index in [1.165, 1.54) is 49.6 Å². The molecule has 0 aliphatic carbocycles. The normalized spacial score (nSPS) is 10.9. The molecule has 2 aromatic rings. The molecular formula is C15H14N2O6S. The largest absolute Gasteiger partial charge is 0.496 e. The van der Waals surface area contributed by atoms with Crippen molar-refractivity contribution in [3.8, 4) is 5.75 Å². The van der Waals surface area contributed by atoms with Gasteiger partial charge in [-0.25, -0.2) is 8.42 Å². The number of nitro benzene ring substituents is 1. The van der Waals surface area contributed by atoms with Crippen molar-refractivity contribution >= 4 is 27.1 Å². The van der Waals surface area contributed by atoms with Crippen LogP contribution in [0.4, 0.5) is 11.4 Å². The summed E-state index contributed by atoms with van der Waals surface area (Å²) in [7, 11) is -2.10. The third-order valence-electron chi connectivity index (χ3n) is 3.17. The first-order valence-corrected chi connectivity index (χ1v) is 8.55. The van der Waals surface area contributed by atoms with E-state index in [2.05, 4.69) is 5.32 Å². The highest BCUT2D eigenvalue weighted by atomic mass is 32.2. The Labute approximate surface area is 138 Å². The molecule has 0 saturated carbocycles. The van der Waals surface area contributed by atoms with Crippen LogP contribution < -0.4 is 10.1 Å². The van der Waals surface area contributed by atoms with Gasteiger partial charge in [0.05, 0.1) is 23.0 Å². The standard InChI is InChI=1S/C15H14N2O6S/c1-23-11-6-7-13(14(9-11)17(19)20)16-15(18)10-4-3-5-12(8-10)24(2,21)22/h3-9H,1-2H3,(H,16,18). The number of nitrogens with zero attached hydrogens (tertiary/aromatic N) is 1. The van der Waals surface area contributed by atoms with Gasteiger partial charge in [0.1, 0.15) is 11.4 Å². The number of ether oxygens (including phenoxy) is 1. The minimum absolute atomic E-state index is 0.0145. The molecule has 1 amide bonds. The van der Waals surface area contributed by atoms with Crippen molar-refractivity contribution in [3.05, 3.63) is 58.1 Å². The van der Waals surface area contributed by atoms with E-state index in [1.807, 2.05) is 0 Å². The van der Waals surface area contributed by atoms with Gasteiger partial charge in [-0.3, -0.25) is 14.9 Å². The fourth-order valence-electron chi connectivity index (χ4n) is 1.96. The average Bonchev–Trinajstić information content (AvgIpc) is 2.54. The van der Waals surface area contributed by atoms with Crippen molar-refractivity contribution in [1.29, 1.82) is 0 Å². The Balaban J connectivity index is 2.35. The Hall–Kier alpha value is -2.94. The molecule has 0 aliphatic rings. The highest BCUT2D eigenvalue weighted by Gasteiger charge is 2.19. The number of sulfone groups is 1. The molecule has 2 rings (SSSR count). The van der Waals surface area contributed by atoms with E-state index in [0.29, 0.717) is 0 Å². The molecule has 0 spiro atoms. The van der Waals surface area contributed by atoms with Gasteiger partial charge in [0, 0.05) is 11.8 Å². The topological polar surface area (TPSA) is 116 Å². The molecule has 0 saturated heterocycles. The fourth-order valence-corrected chi connectivity index (χ4v) is 2.62. The summed E-state index contributed by atoms with van der Waals surface area (Å²) in [6.07, 6.45) is 1.03. The molecule has 0 atom stereocenters. The highest BCUT2D eigenvalue weighted by molar-refractivity contribution is 7.90. The maximum absolute atomic E-state index is 12.3. The first-order valence-electron chi connectivity index (χ1n) is 6.66. The van der Waals surface area contributed by atoms with Crippen molar-refractivity contribution in [1.82, 2.24) is 0 Å². The van der Waals surface area contributed by atoms with Crippen LogP contribution >= 0.6 is 0 Å². The second-order valence-electron chi connectivity index (χ2n) is 4.89. The molecule has 0 aliphatic heterocycles. The molecule has 0 aromatic heterocycles. The SMILES string of the molecule is COc1ccc(NC(=O)c2cccc(S(C)(=O)=O)c2)c([N+](=O)[O-])c1. The number of nitro groups is 1. The lowest BCUT2D eigenvalue weighted by molar-refractivity contribution is -0.384. The Bertz CT molecular complexity index is 908. The van der Waals surface area contributed by atoms with E-state index in [0.717, 1.165) is 6.26 Å². The minimum atomic E-state index is -3.47. The van der Waals surface area contributed by atoms with E-state index in [4.69, 9.17) is 4.74 Å². The van der Waals surface area contributed by atoms with E-state index in [9.17, 15) is 23.3 Å². The molecule has 0 bridgehead atoms. The fraction of sp³-hybridized carbons (Fsp3) is 0.133. The van der Waals surface area contributed by atoms with Crippen LogP contribution in [0.3, 0.4) is 0 Å². The van der Waals surface area contributed by atoms with Crippen LogP contribution in [-0.2, 0) is 9.84 Å². The van der Waals surface area contributed by atoms with Gasteiger partial charge < -0.3 is 10.1 Å². The van der Waals surface area contributed by atoms with Crippen LogP contribution in [0.1, 0.15) is 10.4 Å². The number of carbonyl (C=O) groups excluding carboxylic acids is 1. The third-order valence-corrected chi connectivity index (χ3v) is 4.28. The number of nitrogens with one attached hydrogen (secondary N) is 1. The molecule has 2 aromatic carbocycles. The molecule has 1 N–H and O–H groups in total. The van der Waals surface area contributed by atoms with Crippen LogP contribution in [0, 0.1) is 10.1 Å². The maximum atomic E-state index is 12.3. The second-order valence-corrected chi connectivity index (χ2v) is 6.91. The van der Waals surface area contributed by atoms with Crippen LogP contribution in [0.2, 0.25) is 0 Å². The van der Waals surface area contributed by atoms with Crippen molar-refractivity contribution in [2.24, 2.45) is 0 Å². The maximum Gasteiger partial charge on any atom is 0.296 e. The third kappa shape index (κ3) is 3.87. The lowest BCUT2D eigenvalue weighted by Gasteiger charge is -2.08. The number of carbonyl (C=O) groups is 1. The van der Waals surface area contributed by atoms with Crippen LogP contribution in [0.25, 0.3) is 0 Å². The molecule has 24 heavy (non-hydrogen) atoms. The average molecular weight is 350 g/mol. The summed E-state index contributed by atoms with van der Waals surface area (Å²) in [5.41, 5.74) is -0.277. The number of rotatable bonds is 5. The molecule has 0 heterocycles. The predicted molar refractivity (Wildman–Crippen MR) is 87.2 cm³/mol. The summed E-state index contributed by atoms with van der Waals surface area (Å²) in [6, 6.07) is 9.41. The first-order chi connectivity index (χ1) is 11.2. The van der Waals surface area contributed by atoms with Crippen molar-refractivity contribution in [3.63, 3.8) is 0 Å². The highest BCUT2D eigenvalue weighted by Crippen LogP contribution is 2.29. The van der Waals surface area contributed by atoms with E-state index >= 15 is 0 Å². The number of hydrogen-bond acceptors (Lipinski definition) is 6. The molecule has 0 unspecified atom stereocenters. The quantitative estimate of drug-likeness (QED) is 0.653. The van der Waals surface area contributed by atoms with Crippen LogP contribution in [-0.4, -0.2) is 32.6 Å². The number of benzene rings is 2. The Morgan fingerprint density at radius 3 is 2.50 bits per heavy atom. The molecule has 0 radical (unpaired) electrons. The van der Waals surface area contributed by atoms with Crippen molar-refractivity contribution < 1.29 is 22.9 Å². The zero-order valence-corrected chi connectivity index (χ0v) is 13.7. The lowest BCUT2D eigenvalue weighted by Crippen LogP contribution is -2.14. The van der Waals surface area contributed by atoms with Gasteiger partial charge in [0.15, 0.2) is 9.84 Å². The summed E-state index contributed by atoms with van der Waals surface area (Å²) < 4.78 is 28.0. The Kier molecular flexibility index (Phi) is 4.84. The molecule has 9 heteroatoms. The van der Waals surface area contributed by atoms with Gasteiger partial charge in [0.25, 0.3) is 11.6 Å². The van der Waals surface area contributed by atoms with Crippen molar-refractivity contribution in [2.45, 2.75) is 4.90 Å². The Morgan fingerprint density at radius 1 is 1.21 bits per heavy atom. The van der Waals surface area contributed by atoms with Gasteiger partial charge in [-0.15, -0.1) is 0 Å². The zero-order chi connectivity index (χ0) is 17.9. The first kappa shape index (κ1) is 17.4. The minimum Gasteiger partial charge on any atom is -0.496 e. The Morgan fingerprint density at radius 2 is 1.92 bits per heavy atom.